The molecule has 0 spiro atoms. The number of nitrogens with zero attached hydrogens (tertiary/aromatic N) is 2. The quantitative estimate of drug-likeness (QED) is 0.459. The molecule has 0 aromatic carbocycles. The molecule has 0 bridgehead atoms. The van der Waals surface area contributed by atoms with Crippen LogP contribution in [0.4, 0.5) is 0 Å². The van der Waals surface area contributed by atoms with Gasteiger partial charge in [-0.2, -0.15) is 0 Å². The Labute approximate surface area is 191 Å². The van der Waals surface area contributed by atoms with Crippen LogP contribution in [-0.2, 0) is 12.8 Å². The van der Waals surface area contributed by atoms with Crippen LogP contribution in [-0.4, -0.2) is 28.3 Å². The molecule has 0 aliphatic carbocycles. The highest BCUT2D eigenvalue weighted by Gasteiger charge is 2.20. The predicted octanol–water partition coefficient (Wildman–Crippen LogP) is 7.15. The van der Waals surface area contributed by atoms with Crippen molar-refractivity contribution >= 4 is 0 Å². The number of aliphatic hydroxyl groups excluding tert-OH is 1. The van der Waals surface area contributed by atoms with Gasteiger partial charge in [0.25, 0.3) is 0 Å². The van der Waals surface area contributed by atoms with Gasteiger partial charge in [0, 0.05) is 23.9 Å². The normalized spacial score (nSPS) is 12.1. The molecule has 0 saturated carbocycles. The van der Waals surface area contributed by atoms with Crippen LogP contribution in [0.15, 0.2) is 18.2 Å². The Balaban J connectivity index is 0.00000212. The number of pyridine rings is 2. The van der Waals surface area contributed by atoms with Crippen molar-refractivity contribution in [3.63, 3.8) is 0 Å². The molecule has 0 radical (unpaired) electrons. The van der Waals surface area contributed by atoms with E-state index in [9.17, 15) is 5.11 Å². The summed E-state index contributed by atoms with van der Waals surface area (Å²) in [5.41, 5.74) is 6.76. The van der Waals surface area contributed by atoms with E-state index in [1.807, 2.05) is 40.7 Å². The van der Waals surface area contributed by atoms with Gasteiger partial charge in [0.15, 0.2) is 0 Å². The first kappa shape index (κ1) is 29.1. The molecule has 1 N–H and O–H groups in total. The SMILES string of the molecule is CC.CC.CCOc1ccc(-c2nc(C)c(C(C)C(C)CCO)cc2CC)c(CC)n1. The van der Waals surface area contributed by atoms with Crippen LogP contribution in [0, 0.1) is 12.8 Å². The Morgan fingerprint density at radius 2 is 1.61 bits per heavy atom. The lowest BCUT2D eigenvalue weighted by atomic mass is 9.84. The van der Waals surface area contributed by atoms with Gasteiger partial charge in [-0.15, -0.1) is 0 Å². The van der Waals surface area contributed by atoms with Gasteiger partial charge in [0.1, 0.15) is 0 Å². The van der Waals surface area contributed by atoms with Gasteiger partial charge in [0.05, 0.1) is 18.0 Å². The standard InChI is InChI=1S/C23H34N2O2.2C2H6/c1-7-18-14-20(16(5)15(4)12-13-26)17(6)24-23(18)19-10-11-22(27-9-3)25-21(19)8-2;2*1-2/h10-11,14-16,26H,7-9,12-13H2,1-6H3;2*1-2H3. The van der Waals surface area contributed by atoms with E-state index < -0.39 is 0 Å². The van der Waals surface area contributed by atoms with E-state index in [4.69, 9.17) is 9.72 Å². The van der Waals surface area contributed by atoms with Crippen molar-refractivity contribution in [2.24, 2.45) is 5.92 Å². The van der Waals surface area contributed by atoms with Crippen molar-refractivity contribution < 1.29 is 9.84 Å². The molecule has 4 heteroatoms. The molecule has 2 atom stereocenters. The summed E-state index contributed by atoms with van der Waals surface area (Å²) in [4.78, 5) is 9.70. The molecule has 176 valence electrons. The molecule has 0 amide bonds. The average Bonchev–Trinajstić information content (AvgIpc) is 2.81. The highest BCUT2D eigenvalue weighted by atomic mass is 16.5. The van der Waals surface area contributed by atoms with E-state index in [2.05, 4.69) is 51.7 Å². The highest BCUT2D eigenvalue weighted by Crippen LogP contribution is 2.34. The lowest BCUT2D eigenvalue weighted by molar-refractivity contribution is 0.252. The van der Waals surface area contributed by atoms with E-state index in [-0.39, 0.29) is 6.61 Å². The van der Waals surface area contributed by atoms with Crippen LogP contribution < -0.4 is 4.74 Å². The molecule has 2 heterocycles. The van der Waals surface area contributed by atoms with Gasteiger partial charge in [-0.1, -0.05) is 61.5 Å². The minimum absolute atomic E-state index is 0.231. The summed E-state index contributed by atoms with van der Waals surface area (Å²) >= 11 is 0. The molecule has 2 aromatic heterocycles. The third-order valence-corrected chi connectivity index (χ3v) is 5.47. The fourth-order valence-electron chi connectivity index (χ4n) is 3.58. The Bertz CT molecular complexity index is 759. The topological polar surface area (TPSA) is 55.2 Å². The highest BCUT2D eigenvalue weighted by molar-refractivity contribution is 5.67. The van der Waals surface area contributed by atoms with Crippen molar-refractivity contribution in [3.8, 4) is 17.1 Å². The van der Waals surface area contributed by atoms with E-state index in [0.29, 0.717) is 24.3 Å². The number of aliphatic hydroxyl groups is 1. The summed E-state index contributed by atoms with van der Waals surface area (Å²) in [5, 5.41) is 9.28. The Kier molecular flexibility index (Phi) is 14.8. The molecular formula is C27H46N2O2. The van der Waals surface area contributed by atoms with Gasteiger partial charge < -0.3 is 9.84 Å². The second-order valence-corrected chi connectivity index (χ2v) is 7.23. The average molecular weight is 431 g/mol. The van der Waals surface area contributed by atoms with Crippen LogP contribution in [0.25, 0.3) is 11.3 Å². The lowest BCUT2D eigenvalue weighted by Gasteiger charge is -2.23. The summed E-state index contributed by atoms with van der Waals surface area (Å²) in [6.07, 6.45) is 2.57. The summed E-state index contributed by atoms with van der Waals surface area (Å²) in [6.45, 7) is 21.6. The Morgan fingerprint density at radius 3 is 2.13 bits per heavy atom. The first-order valence-corrected chi connectivity index (χ1v) is 12.2. The van der Waals surface area contributed by atoms with Crippen molar-refractivity contribution in [1.29, 1.82) is 0 Å². The summed E-state index contributed by atoms with van der Waals surface area (Å²) in [7, 11) is 0. The maximum Gasteiger partial charge on any atom is 0.213 e. The molecule has 0 aliphatic rings. The Hall–Kier alpha value is -1.94. The Morgan fingerprint density at radius 1 is 0.968 bits per heavy atom. The van der Waals surface area contributed by atoms with Gasteiger partial charge >= 0.3 is 0 Å². The molecule has 31 heavy (non-hydrogen) atoms. The summed E-state index contributed by atoms with van der Waals surface area (Å²) < 4.78 is 5.57. The van der Waals surface area contributed by atoms with E-state index >= 15 is 0 Å². The zero-order valence-electron chi connectivity index (χ0n) is 21.7. The zero-order chi connectivity index (χ0) is 24.0. The van der Waals surface area contributed by atoms with Crippen LogP contribution in [0.3, 0.4) is 0 Å². The molecule has 2 rings (SSSR count). The molecule has 0 saturated heterocycles. The fraction of sp³-hybridized carbons (Fsp3) is 0.630. The zero-order valence-corrected chi connectivity index (χ0v) is 21.7. The second kappa shape index (κ2) is 15.8. The van der Waals surface area contributed by atoms with Crippen LogP contribution in [0.1, 0.15) is 97.2 Å². The monoisotopic (exact) mass is 430 g/mol. The van der Waals surface area contributed by atoms with Gasteiger partial charge in [-0.05, 0) is 62.1 Å². The fourth-order valence-corrected chi connectivity index (χ4v) is 3.58. The number of rotatable bonds is 9. The molecule has 4 nitrogen and oxygen atoms in total. The van der Waals surface area contributed by atoms with Gasteiger partial charge in [-0.25, -0.2) is 4.98 Å². The second-order valence-electron chi connectivity index (χ2n) is 7.23. The number of hydrogen-bond acceptors (Lipinski definition) is 4. The minimum atomic E-state index is 0.231. The van der Waals surface area contributed by atoms with Crippen molar-refractivity contribution in [2.75, 3.05) is 13.2 Å². The first-order valence-electron chi connectivity index (χ1n) is 12.2. The van der Waals surface area contributed by atoms with Gasteiger partial charge in [-0.3, -0.25) is 4.98 Å². The molecule has 2 aromatic rings. The molecule has 0 aliphatic heterocycles. The van der Waals surface area contributed by atoms with Crippen LogP contribution in [0.2, 0.25) is 0 Å². The third kappa shape index (κ3) is 7.92. The number of aromatic nitrogens is 2. The van der Waals surface area contributed by atoms with Crippen molar-refractivity contribution in [3.05, 3.63) is 40.7 Å². The van der Waals surface area contributed by atoms with Crippen molar-refractivity contribution in [1.82, 2.24) is 9.97 Å². The lowest BCUT2D eigenvalue weighted by Crippen LogP contribution is -2.12. The number of ether oxygens (including phenoxy) is 1. The smallest absolute Gasteiger partial charge is 0.213 e. The third-order valence-electron chi connectivity index (χ3n) is 5.47. The van der Waals surface area contributed by atoms with Gasteiger partial charge in [0.2, 0.25) is 5.88 Å². The van der Waals surface area contributed by atoms with Crippen molar-refractivity contribution in [2.45, 2.75) is 94.4 Å². The predicted molar refractivity (Wildman–Crippen MR) is 134 cm³/mol. The maximum absolute atomic E-state index is 9.28. The number of hydrogen-bond donors (Lipinski definition) is 1. The summed E-state index contributed by atoms with van der Waals surface area (Å²) in [6, 6.07) is 6.34. The molecular weight excluding hydrogens is 384 g/mol. The molecule has 2 unspecified atom stereocenters. The van der Waals surface area contributed by atoms with Crippen LogP contribution >= 0.6 is 0 Å². The first-order chi connectivity index (χ1) is 15.0. The van der Waals surface area contributed by atoms with E-state index in [1.54, 1.807) is 0 Å². The largest absolute Gasteiger partial charge is 0.478 e. The maximum atomic E-state index is 9.28. The van der Waals surface area contributed by atoms with E-state index in [1.165, 1.54) is 11.1 Å². The van der Waals surface area contributed by atoms with E-state index in [0.717, 1.165) is 41.9 Å². The number of aryl methyl sites for hydroxylation is 3. The summed E-state index contributed by atoms with van der Waals surface area (Å²) in [5.74, 6) is 1.47. The minimum Gasteiger partial charge on any atom is -0.478 e. The van der Waals surface area contributed by atoms with Crippen LogP contribution in [0.5, 0.6) is 5.88 Å². The molecule has 0 fully saturated rings.